The predicted molar refractivity (Wildman–Crippen MR) is 87.2 cm³/mol. The van der Waals surface area contributed by atoms with E-state index in [1.807, 2.05) is 25.1 Å². The molecule has 2 aromatic rings. The van der Waals surface area contributed by atoms with Crippen molar-refractivity contribution in [2.45, 2.75) is 13.5 Å². The number of halogens is 2. The molecule has 0 atom stereocenters. The molecular formula is C17H17BrFNO2. The number of ether oxygens (including phenoxy) is 1. The van der Waals surface area contributed by atoms with Crippen molar-refractivity contribution >= 4 is 21.8 Å². The van der Waals surface area contributed by atoms with E-state index in [0.717, 1.165) is 10.0 Å². The number of aryl methyl sites for hydroxylation is 1. The lowest BCUT2D eigenvalue weighted by Crippen LogP contribution is -2.31. The lowest BCUT2D eigenvalue weighted by molar-refractivity contribution is -0.132. The maximum Gasteiger partial charge on any atom is 0.260 e. The summed E-state index contributed by atoms with van der Waals surface area (Å²) in [5.74, 6) is 0.0818. The van der Waals surface area contributed by atoms with Gasteiger partial charge in [-0.3, -0.25) is 4.79 Å². The summed E-state index contributed by atoms with van der Waals surface area (Å²) in [5.41, 5.74) is 1.58. The van der Waals surface area contributed by atoms with E-state index in [9.17, 15) is 9.18 Å². The van der Waals surface area contributed by atoms with Crippen LogP contribution in [-0.2, 0) is 11.3 Å². The molecule has 0 N–H and O–H groups in total. The molecule has 5 heteroatoms. The van der Waals surface area contributed by atoms with Crippen molar-refractivity contribution in [3.63, 3.8) is 0 Å². The highest BCUT2D eigenvalue weighted by Gasteiger charge is 2.13. The third-order valence-electron chi connectivity index (χ3n) is 3.23. The SMILES string of the molecule is Cc1ccc(OCC(=O)N(C)Cc2ccccc2F)c(Br)c1. The highest BCUT2D eigenvalue weighted by atomic mass is 79.9. The Morgan fingerprint density at radius 3 is 2.68 bits per heavy atom. The van der Waals surface area contributed by atoms with Gasteiger partial charge in [-0.2, -0.15) is 0 Å². The number of nitrogens with zero attached hydrogens (tertiary/aromatic N) is 1. The molecule has 3 nitrogen and oxygen atoms in total. The molecule has 2 aromatic carbocycles. The molecule has 0 bridgehead atoms. The van der Waals surface area contributed by atoms with Gasteiger partial charge in [0.05, 0.1) is 4.47 Å². The summed E-state index contributed by atoms with van der Waals surface area (Å²) < 4.78 is 19.9. The summed E-state index contributed by atoms with van der Waals surface area (Å²) >= 11 is 3.40. The highest BCUT2D eigenvalue weighted by Crippen LogP contribution is 2.25. The Morgan fingerprint density at radius 2 is 2.00 bits per heavy atom. The van der Waals surface area contributed by atoms with E-state index in [1.165, 1.54) is 11.0 Å². The average Bonchev–Trinajstić information content (AvgIpc) is 2.48. The van der Waals surface area contributed by atoms with Crippen LogP contribution in [0, 0.1) is 12.7 Å². The molecule has 0 saturated heterocycles. The molecule has 116 valence electrons. The first kappa shape index (κ1) is 16.5. The Morgan fingerprint density at radius 1 is 1.27 bits per heavy atom. The van der Waals surface area contributed by atoms with Crippen LogP contribution in [0.1, 0.15) is 11.1 Å². The standard InChI is InChI=1S/C17H17BrFNO2/c1-12-7-8-16(14(18)9-12)22-11-17(21)20(2)10-13-5-3-4-6-15(13)19/h3-9H,10-11H2,1-2H3. The molecule has 0 saturated carbocycles. The van der Waals surface area contributed by atoms with Gasteiger partial charge in [-0.25, -0.2) is 4.39 Å². The second-order valence-corrected chi connectivity index (χ2v) is 5.92. The number of likely N-dealkylation sites (N-methyl/N-ethyl adjacent to an activating group) is 1. The number of amides is 1. The molecule has 1 amide bonds. The predicted octanol–water partition coefficient (Wildman–Crippen LogP) is 3.93. The molecule has 0 heterocycles. The topological polar surface area (TPSA) is 29.5 Å². The fourth-order valence-electron chi connectivity index (χ4n) is 1.94. The number of rotatable bonds is 5. The Hall–Kier alpha value is -1.88. The fraction of sp³-hybridized carbons (Fsp3) is 0.235. The molecule has 0 unspecified atom stereocenters. The van der Waals surface area contributed by atoms with Crippen molar-refractivity contribution in [1.29, 1.82) is 0 Å². The molecule has 0 radical (unpaired) electrons. The Labute approximate surface area is 137 Å². The van der Waals surface area contributed by atoms with Gasteiger partial charge in [0.25, 0.3) is 5.91 Å². The molecular weight excluding hydrogens is 349 g/mol. The van der Waals surface area contributed by atoms with Gasteiger partial charge < -0.3 is 9.64 Å². The van der Waals surface area contributed by atoms with E-state index < -0.39 is 0 Å². The maximum atomic E-state index is 13.6. The van der Waals surface area contributed by atoms with Crippen molar-refractivity contribution in [2.24, 2.45) is 0 Å². The van der Waals surface area contributed by atoms with Gasteiger partial charge in [0.2, 0.25) is 0 Å². The van der Waals surface area contributed by atoms with Crippen molar-refractivity contribution < 1.29 is 13.9 Å². The van der Waals surface area contributed by atoms with Gasteiger partial charge in [0, 0.05) is 19.2 Å². The minimum atomic E-state index is -0.315. The first-order valence-corrected chi connectivity index (χ1v) is 7.63. The minimum Gasteiger partial charge on any atom is -0.483 e. The number of benzene rings is 2. The van der Waals surface area contributed by atoms with Crippen LogP contribution in [0.15, 0.2) is 46.9 Å². The van der Waals surface area contributed by atoms with Crippen molar-refractivity contribution in [3.8, 4) is 5.75 Å². The van der Waals surface area contributed by atoms with Crippen LogP contribution in [0.3, 0.4) is 0 Å². The molecule has 0 aliphatic carbocycles. The van der Waals surface area contributed by atoms with Gasteiger partial charge in [0.15, 0.2) is 6.61 Å². The maximum absolute atomic E-state index is 13.6. The minimum absolute atomic E-state index is 0.0907. The number of carbonyl (C=O) groups excluding carboxylic acids is 1. The van der Waals surface area contributed by atoms with E-state index in [0.29, 0.717) is 11.3 Å². The quantitative estimate of drug-likeness (QED) is 0.803. The van der Waals surface area contributed by atoms with E-state index in [1.54, 1.807) is 25.2 Å². The summed E-state index contributed by atoms with van der Waals surface area (Å²) in [6, 6.07) is 12.1. The number of carbonyl (C=O) groups is 1. The summed E-state index contributed by atoms with van der Waals surface area (Å²) in [5, 5.41) is 0. The van der Waals surface area contributed by atoms with Crippen LogP contribution in [0.5, 0.6) is 5.75 Å². The van der Waals surface area contributed by atoms with Gasteiger partial charge in [-0.1, -0.05) is 24.3 Å². The van der Waals surface area contributed by atoms with Crippen LogP contribution in [-0.4, -0.2) is 24.5 Å². The number of hydrogen-bond acceptors (Lipinski definition) is 2. The van der Waals surface area contributed by atoms with Crippen LogP contribution in [0.25, 0.3) is 0 Å². The van der Waals surface area contributed by atoms with Gasteiger partial charge in [-0.15, -0.1) is 0 Å². The van der Waals surface area contributed by atoms with E-state index in [4.69, 9.17) is 4.74 Å². The average molecular weight is 366 g/mol. The molecule has 0 aliphatic heterocycles. The highest BCUT2D eigenvalue weighted by molar-refractivity contribution is 9.10. The van der Waals surface area contributed by atoms with Gasteiger partial charge >= 0.3 is 0 Å². The number of hydrogen-bond donors (Lipinski definition) is 0. The van der Waals surface area contributed by atoms with Crippen LogP contribution >= 0.6 is 15.9 Å². The van der Waals surface area contributed by atoms with Crippen molar-refractivity contribution in [3.05, 3.63) is 63.9 Å². The smallest absolute Gasteiger partial charge is 0.260 e. The van der Waals surface area contributed by atoms with Crippen LogP contribution in [0.2, 0.25) is 0 Å². The second kappa shape index (κ2) is 7.40. The Bertz CT molecular complexity index is 675. The molecule has 0 aromatic heterocycles. The van der Waals surface area contributed by atoms with Crippen molar-refractivity contribution in [2.75, 3.05) is 13.7 Å². The summed E-state index contributed by atoms with van der Waals surface area (Å²) in [6.07, 6.45) is 0. The summed E-state index contributed by atoms with van der Waals surface area (Å²) in [6.45, 7) is 2.10. The molecule has 22 heavy (non-hydrogen) atoms. The zero-order valence-corrected chi connectivity index (χ0v) is 14.1. The lowest BCUT2D eigenvalue weighted by atomic mass is 10.2. The van der Waals surface area contributed by atoms with E-state index >= 15 is 0 Å². The first-order valence-electron chi connectivity index (χ1n) is 6.83. The third kappa shape index (κ3) is 4.31. The fourth-order valence-corrected chi connectivity index (χ4v) is 2.55. The largest absolute Gasteiger partial charge is 0.483 e. The normalized spacial score (nSPS) is 10.4. The Kier molecular flexibility index (Phi) is 5.55. The summed E-state index contributed by atoms with van der Waals surface area (Å²) in [7, 11) is 1.63. The Balaban J connectivity index is 1.93. The van der Waals surface area contributed by atoms with E-state index in [2.05, 4.69) is 15.9 Å². The van der Waals surface area contributed by atoms with Crippen LogP contribution in [0.4, 0.5) is 4.39 Å². The third-order valence-corrected chi connectivity index (χ3v) is 3.85. The molecule has 2 rings (SSSR count). The zero-order valence-electron chi connectivity index (χ0n) is 12.5. The zero-order chi connectivity index (χ0) is 16.1. The first-order chi connectivity index (χ1) is 10.5. The van der Waals surface area contributed by atoms with E-state index in [-0.39, 0.29) is 24.9 Å². The van der Waals surface area contributed by atoms with Gasteiger partial charge in [-0.05, 0) is 46.6 Å². The second-order valence-electron chi connectivity index (χ2n) is 5.06. The molecule has 0 spiro atoms. The lowest BCUT2D eigenvalue weighted by Gasteiger charge is -2.18. The summed E-state index contributed by atoms with van der Waals surface area (Å²) in [4.78, 5) is 13.5. The van der Waals surface area contributed by atoms with Gasteiger partial charge in [0.1, 0.15) is 11.6 Å². The molecule has 0 aliphatic rings. The van der Waals surface area contributed by atoms with Crippen molar-refractivity contribution in [1.82, 2.24) is 4.90 Å². The molecule has 0 fully saturated rings. The monoisotopic (exact) mass is 365 g/mol. The van der Waals surface area contributed by atoms with Crippen LogP contribution < -0.4 is 4.74 Å².